The molecule has 100 valence electrons. The van der Waals surface area contributed by atoms with Gasteiger partial charge in [0, 0.05) is 0 Å². The third-order valence-corrected chi connectivity index (χ3v) is 2.42. The fraction of sp³-hybridized carbons (Fsp3) is 1.00. The fourth-order valence-electron chi connectivity index (χ4n) is 1.36. The Morgan fingerprint density at radius 3 is 1.06 bits per heavy atom. The van der Waals surface area contributed by atoms with E-state index in [4.69, 9.17) is 0 Å². The van der Waals surface area contributed by atoms with E-state index in [1.54, 1.807) is 0 Å². The van der Waals surface area contributed by atoms with Crippen LogP contribution in [0.25, 0.3) is 0 Å². The molecule has 0 rings (SSSR count). The summed E-state index contributed by atoms with van der Waals surface area (Å²) in [4.78, 5) is 4.46. The van der Waals surface area contributed by atoms with Crippen molar-refractivity contribution >= 4 is 0 Å². The van der Waals surface area contributed by atoms with Crippen molar-refractivity contribution in [1.82, 2.24) is 9.80 Å². The van der Waals surface area contributed by atoms with E-state index < -0.39 is 0 Å². The Hall–Kier alpha value is -0.0800. The van der Waals surface area contributed by atoms with Crippen LogP contribution in [0.2, 0.25) is 0 Å². The van der Waals surface area contributed by atoms with Gasteiger partial charge in [-0.25, -0.2) is 0 Å². The van der Waals surface area contributed by atoms with E-state index in [9.17, 15) is 0 Å². The van der Waals surface area contributed by atoms with E-state index in [0.29, 0.717) is 0 Å². The minimum absolute atomic E-state index is 1.24. The predicted molar refractivity (Wildman–Crippen MR) is 76.2 cm³/mol. The van der Waals surface area contributed by atoms with Gasteiger partial charge in [0.25, 0.3) is 0 Å². The summed E-state index contributed by atoms with van der Waals surface area (Å²) in [7, 11) is 8.48. The van der Waals surface area contributed by atoms with Crippen molar-refractivity contribution in [3.05, 3.63) is 0 Å². The van der Waals surface area contributed by atoms with Crippen molar-refractivity contribution in [2.75, 3.05) is 41.3 Å². The Balaban J connectivity index is 0. The maximum Gasteiger partial charge on any atom is -0.00248 e. The Bertz CT molecular complexity index is 97.3. The molecule has 0 aliphatic heterocycles. The van der Waals surface area contributed by atoms with Crippen LogP contribution < -0.4 is 0 Å². The Kier molecular flexibility index (Phi) is 17.1. The molecule has 0 heterocycles. The van der Waals surface area contributed by atoms with Gasteiger partial charge in [-0.1, -0.05) is 39.5 Å². The van der Waals surface area contributed by atoms with Crippen LogP contribution in [0.15, 0.2) is 0 Å². The topological polar surface area (TPSA) is 6.48 Å². The van der Waals surface area contributed by atoms with E-state index in [2.05, 4.69) is 51.8 Å². The van der Waals surface area contributed by atoms with Crippen LogP contribution in [0.4, 0.5) is 0 Å². The van der Waals surface area contributed by atoms with Crippen LogP contribution >= 0.6 is 0 Å². The van der Waals surface area contributed by atoms with Crippen LogP contribution in [-0.4, -0.2) is 51.1 Å². The molecule has 0 atom stereocenters. The van der Waals surface area contributed by atoms with Crippen molar-refractivity contribution in [1.29, 1.82) is 0 Å². The van der Waals surface area contributed by atoms with Crippen molar-refractivity contribution in [2.45, 2.75) is 52.4 Å². The molecule has 0 fully saturated rings. The molecule has 0 saturated heterocycles. The normalized spacial score (nSPS) is 10.5. The summed E-state index contributed by atoms with van der Waals surface area (Å²) in [6.07, 6.45) is 8.10. The fourth-order valence-corrected chi connectivity index (χ4v) is 1.36. The summed E-state index contributed by atoms with van der Waals surface area (Å²) in [6, 6.07) is 0. The molecule has 0 spiro atoms. The molecule has 0 unspecified atom stereocenters. The minimum atomic E-state index is 1.24. The molecule has 2 nitrogen and oxygen atoms in total. The lowest BCUT2D eigenvalue weighted by Gasteiger charge is -2.06. The van der Waals surface area contributed by atoms with E-state index in [-0.39, 0.29) is 0 Å². The number of hydrogen-bond donors (Lipinski definition) is 0. The number of unbranched alkanes of at least 4 members (excludes halogenated alkanes) is 4. The lowest BCUT2D eigenvalue weighted by Crippen LogP contribution is -2.12. The van der Waals surface area contributed by atoms with Gasteiger partial charge in [0.05, 0.1) is 0 Å². The zero-order valence-electron chi connectivity index (χ0n) is 12.6. The van der Waals surface area contributed by atoms with Gasteiger partial charge in [0.2, 0.25) is 0 Å². The van der Waals surface area contributed by atoms with Crippen molar-refractivity contribution < 1.29 is 0 Å². The van der Waals surface area contributed by atoms with Gasteiger partial charge in [-0.15, -0.1) is 0 Å². The van der Waals surface area contributed by atoms with Gasteiger partial charge in [-0.05, 0) is 54.1 Å². The minimum Gasteiger partial charge on any atom is -0.309 e. The first-order valence-corrected chi connectivity index (χ1v) is 6.84. The molecule has 0 aliphatic rings. The van der Waals surface area contributed by atoms with E-state index in [1.807, 2.05) is 0 Å². The van der Waals surface area contributed by atoms with Gasteiger partial charge in [-0.3, -0.25) is 0 Å². The highest BCUT2D eigenvalue weighted by molar-refractivity contribution is 4.43. The monoisotopic (exact) mass is 230 g/mol. The second-order valence-corrected chi connectivity index (χ2v) is 5.02. The van der Waals surface area contributed by atoms with Gasteiger partial charge in [-0.2, -0.15) is 0 Å². The summed E-state index contributed by atoms with van der Waals surface area (Å²) in [5.41, 5.74) is 0. The molecule has 0 saturated carbocycles. The molecule has 0 aromatic carbocycles. The van der Waals surface area contributed by atoms with Gasteiger partial charge in [0.1, 0.15) is 0 Å². The number of rotatable bonds is 8. The highest BCUT2D eigenvalue weighted by Crippen LogP contribution is 1.93. The van der Waals surface area contributed by atoms with Crippen LogP contribution in [0.3, 0.4) is 0 Å². The van der Waals surface area contributed by atoms with E-state index >= 15 is 0 Å². The second kappa shape index (κ2) is 14.9. The third-order valence-electron chi connectivity index (χ3n) is 2.42. The molecule has 2 heteroatoms. The number of nitrogens with zero attached hydrogens (tertiary/aromatic N) is 2. The van der Waals surface area contributed by atoms with E-state index in [0.717, 1.165) is 0 Å². The second-order valence-electron chi connectivity index (χ2n) is 5.02. The number of hydrogen-bond acceptors (Lipinski definition) is 2. The molecule has 16 heavy (non-hydrogen) atoms. The largest absolute Gasteiger partial charge is 0.309 e. The molecular weight excluding hydrogens is 196 g/mol. The molecular formula is C14H34N2. The molecule has 0 aliphatic carbocycles. The highest BCUT2D eigenvalue weighted by atomic mass is 15.0. The molecule has 0 aromatic heterocycles. The molecule has 0 amide bonds. The quantitative estimate of drug-likeness (QED) is 0.589. The third kappa shape index (κ3) is 23.6. The lowest BCUT2D eigenvalue weighted by molar-refractivity contribution is 0.393. The zero-order valence-corrected chi connectivity index (χ0v) is 12.6. The van der Waals surface area contributed by atoms with Crippen molar-refractivity contribution in [3.8, 4) is 0 Å². The van der Waals surface area contributed by atoms with Crippen LogP contribution in [0.1, 0.15) is 52.4 Å². The lowest BCUT2D eigenvalue weighted by atomic mass is 10.2. The average molecular weight is 230 g/mol. The van der Waals surface area contributed by atoms with E-state index in [1.165, 1.54) is 51.6 Å². The van der Waals surface area contributed by atoms with Crippen molar-refractivity contribution in [2.24, 2.45) is 0 Å². The molecule has 0 radical (unpaired) electrons. The van der Waals surface area contributed by atoms with Crippen LogP contribution in [0.5, 0.6) is 0 Å². The average Bonchev–Trinajstić information content (AvgIpc) is 2.18. The first-order chi connectivity index (χ1) is 7.54. The van der Waals surface area contributed by atoms with Gasteiger partial charge in [0.15, 0.2) is 0 Å². The Labute approximate surface area is 104 Å². The zero-order chi connectivity index (χ0) is 12.8. The van der Waals surface area contributed by atoms with Gasteiger partial charge < -0.3 is 9.80 Å². The van der Waals surface area contributed by atoms with Gasteiger partial charge >= 0.3 is 0 Å². The smallest absolute Gasteiger partial charge is 0.00248 e. The summed E-state index contributed by atoms with van der Waals surface area (Å²) in [5, 5.41) is 0. The first kappa shape index (κ1) is 18.3. The Morgan fingerprint density at radius 2 is 0.875 bits per heavy atom. The molecule has 0 aromatic rings. The van der Waals surface area contributed by atoms with Crippen molar-refractivity contribution in [3.63, 3.8) is 0 Å². The SMILES string of the molecule is CCCCCN(C)C.CCCCCN(C)C. The highest BCUT2D eigenvalue weighted by Gasteiger charge is 1.87. The predicted octanol–water partition coefficient (Wildman–Crippen LogP) is 3.48. The van der Waals surface area contributed by atoms with Crippen LogP contribution in [0, 0.1) is 0 Å². The Morgan fingerprint density at radius 1 is 0.562 bits per heavy atom. The maximum absolute atomic E-state index is 2.23. The summed E-state index contributed by atoms with van der Waals surface area (Å²) in [6.45, 7) is 6.95. The van der Waals surface area contributed by atoms with Crippen LogP contribution in [-0.2, 0) is 0 Å². The summed E-state index contributed by atoms with van der Waals surface area (Å²) < 4.78 is 0. The summed E-state index contributed by atoms with van der Waals surface area (Å²) >= 11 is 0. The molecule has 0 bridgehead atoms. The molecule has 0 N–H and O–H groups in total. The maximum atomic E-state index is 2.23. The summed E-state index contributed by atoms with van der Waals surface area (Å²) in [5.74, 6) is 0. The standard InChI is InChI=1S/2C7H17N/c2*1-4-5-6-7-8(2)3/h2*4-7H2,1-3H3. The first-order valence-electron chi connectivity index (χ1n) is 6.84.